The maximum atomic E-state index is 10.8. The van der Waals surface area contributed by atoms with Gasteiger partial charge in [0, 0.05) is 0 Å². The Morgan fingerprint density at radius 1 is 1.27 bits per heavy atom. The molecule has 1 atom stereocenters. The van der Waals surface area contributed by atoms with Gasteiger partial charge in [-0.3, -0.25) is 4.18 Å². The summed E-state index contributed by atoms with van der Waals surface area (Å²) in [4.78, 5) is 0. The highest BCUT2D eigenvalue weighted by Crippen LogP contribution is 2.36. The van der Waals surface area contributed by atoms with Gasteiger partial charge in [0.2, 0.25) is 0 Å². The number of hydrogen-bond acceptors (Lipinski definition) is 5. The van der Waals surface area contributed by atoms with Crippen LogP contribution in [-0.2, 0) is 23.8 Å². The van der Waals surface area contributed by atoms with Crippen LogP contribution >= 0.6 is 0 Å². The lowest BCUT2D eigenvalue weighted by atomic mass is 10.0. The molecule has 0 spiro atoms. The monoisotopic (exact) mass is 238 g/mol. The van der Waals surface area contributed by atoms with Crippen molar-refractivity contribution in [2.45, 2.75) is 45.2 Å². The fraction of sp³-hybridized carbons (Fsp3) is 1.00. The maximum absolute atomic E-state index is 10.8. The highest BCUT2D eigenvalue weighted by atomic mass is 32.2. The van der Waals surface area contributed by atoms with Crippen LogP contribution in [0.4, 0.5) is 0 Å². The van der Waals surface area contributed by atoms with E-state index in [9.17, 15) is 8.42 Å². The summed E-state index contributed by atoms with van der Waals surface area (Å²) in [5.41, 5.74) is -0.547. The first-order chi connectivity index (χ1) is 6.52. The van der Waals surface area contributed by atoms with Crippen LogP contribution in [0.3, 0.4) is 0 Å². The normalized spacial score (nSPS) is 29.3. The molecule has 1 fully saturated rings. The minimum Gasteiger partial charge on any atom is -0.342 e. The Morgan fingerprint density at radius 3 is 2.13 bits per heavy atom. The number of hydrogen-bond donors (Lipinski definition) is 0. The van der Waals surface area contributed by atoms with Gasteiger partial charge in [0.25, 0.3) is 10.1 Å². The molecule has 1 saturated heterocycles. The Balaban J connectivity index is 2.64. The molecular weight excluding hydrogens is 220 g/mol. The molecule has 0 aromatic carbocycles. The van der Waals surface area contributed by atoms with E-state index in [0.29, 0.717) is 0 Å². The van der Waals surface area contributed by atoms with Crippen molar-refractivity contribution < 1.29 is 22.1 Å². The summed E-state index contributed by atoms with van der Waals surface area (Å²) in [5, 5.41) is 0. The summed E-state index contributed by atoms with van der Waals surface area (Å²) < 4.78 is 37.6. The fourth-order valence-electron chi connectivity index (χ4n) is 1.63. The maximum Gasteiger partial charge on any atom is 0.264 e. The van der Waals surface area contributed by atoms with Crippen molar-refractivity contribution in [3.8, 4) is 0 Å². The van der Waals surface area contributed by atoms with Crippen molar-refractivity contribution in [3.63, 3.8) is 0 Å². The van der Waals surface area contributed by atoms with Crippen molar-refractivity contribution in [2.24, 2.45) is 0 Å². The van der Waals surface area contributed by atoms with Crippen LogP contribution in [0.2, 0.25) is 0 Å². The lowest BCUT2D eigenvalue weighted by molar-refractivity contribution is -0.158. The highest BCUT2D eigenvalue weighted by molar-refractivity contribution is 7.85. The quantitative estimate of drug-likeness (QED) is 0.683. The smallest absolute Gasteiger partial charge is 0.264 e. The van der Waals surface area contributed by atoms with E-state index in [2.05, 4.69) is 0 Å². The van der Waals surface area contributed by atoms with E-state index >= 15 is 0 Å². The summed E-state index contributed by atoms with van der Waals surface area (Å²) in [7, 11) is -3.43. The van der Waals surface area contributed by atoms with Gasteiger partial charge in [-0.1, -0.05) is 0 Å². The summed E-state index contributed by atoms with van der Waals surface area (Å²) in [6.07, 6.45) is 0.628. The second kappa shape index (κ2) is 3.69. The molecule has 0 aromatic heterocycles. The molecule has 0 radical (unpaired) electrons. The molecule has 5 nitrogen and oxygen atoms in total. The molecule has 1 aliphatic rings. The molecule has 1 rings (SSSR count). The summed E-state index contributed by atoms with van der Waals surface area (Å²) in [5.74, 6) is -0.699. The van der Waals surface area contributed by atoms with Crippen LogP contribution in [0.5, 0.6) is 0 Å². The van der Waals surface area contributed by atoms with Gasteiger partial charge in [0.05, 0.1) is 18.5 Å². The Bertz CT molecular complexity index is 330. The van der Waals surface area contributed by atoms with Crippen LogP contribution in [-0.4, -0.2) is 38.8 Å². The molecule has 0 unspecified atom stereocenters. The molecule has 1 heterocycles. The topological polar surface area (TPSA) is 61.8 Å². The lowest BCUT2D eigenvalue weighted by Gasteiger charge is -2.23. The van der Waals surface area contributed by atoms with E-state index in [1.807, 2.05) is 13.8 Å². The lowest BCUT2D eigenvalue weighted by Crippen LogP contribution is -2.37. The first-order valence-electron chi connectivity index (χ1n) is 4.74. The average molecular weight is 238 g/mol. The molecule has 0 bridgehead atoms. The van der Waals surface area contributed by atoms with Gasteiger partial charge in [0.15, 0.2) is 5.79 Å². The van der Waals surface area contributed by atoms with Crippen LogP contribution in [0, 0.1) is 0 Å². The van der Waals surface area contributed by atoms with Crippen LogP contribution in [0.1, 0.15) is 27.7 Å². The van der Waals surface area contributed by atoms with E-state index in [1.54, 1.807) is 13.8 Å². The Kier molecular flexibility index (Phi) is 3.17. The second-order valence-electron chi connectivity index (χ2n) is 4.70. The van der Waals surface area contributed by atoms with E-state index in [-0.39, 0.29) is 12.7 Å². The Morgan fingerprint density at radius 2 is 1.80 bits per heavy atom. The van der Waals surface area contributed by atoms with Crippen molar-refractivity contribution in [2.75, 3.05) is 12.9 Å². The molecule has 0 aliphatic carbocycles. The molecular formula is C9H18O5S. The molecule has 0 saturated carbocycles. The van der Waals surface area contributed by atoms with E-state index in [0.717, 1.165) is 6.26 Å². The summed E-state index contributed by atoms with van der Waals surface area (Å²) in [6, 6.07) is 0. The minimum atomic E-state index is -3.43. The molecule has 6 heteroatoms. The fourth-order valence-corrected chi connectivity index (χ4v) is 2.00. The number of rotatable bonds is 3. The van der Waals surface area contributed by atoms with Gasteiger partial charge >= 0.3 is 0 Å². The van der Waals surface area contributed by atoms with Gasteiger partial charge in [-0.05, 0) is 27.7 Å². The van der Waals surface area contributed by atoms with Gasteiger partial charge in [-0.25, -0.2) is 0 Å². The average Bonchev–Trinajstić information content (AvgIpc) is 2.13. The molecule has 15 heavy (non-hydrogen) atoms. The zero-order chi connectivity index (χ0) is 11.9. The molecule has 0 aromatic rings. The highest BCUT2D eigenvalue weighted by Gasteiger charge is 2.47. The van der Waals surface area contributed by atoms with Gasteiger partial charge in [-0.2, -0.15) is 8.42 Å². The SMILES string of the molecule is CC1(C)O[C@@H](COS(C)(=O)=O)C(C)(C)O1. The Hall–Kier alpha value is -0.170. The standard InChI is InChI=1S/C9H18O5S/c1-8(2)7(6-12-15(5,10)11)13-9(3,4)14-8/h7H,6H2,1-5H3/t7-/m0/s1. The van der Waals surface area contributed by atoms with E-state index in [4.69, 9.17) is 13.7 Å². The molecule has 1 aliphatic heterocycles. The van der Waals surface area contributed by atoms with Crippen LogP contribution in [0.25, 0.3) is 0 Å². The summed E-state index contributed by atoms with van der Waals surface area (Å²) in [6.45, 7) is 7.25. The third-order valence-electron chi connectivity index (χ3n) is 2.14. The first-order valence-corrected chi connectivity index (χ1v) is 6.56. The predicted octanol–water partition coefficient (Wildman–Crippen LogP) is 0.893. The predicted molar refractivity (Wildman–Crippen MR) is 54.9 cm³/mol. The van der Waals surface area contributed by atoms with E-state index in [1.165, 1.54) is 0 Å². The van der Waals surface area contributed by atoms with Gasteiger partial charge in [0.1, 0.15) is 6.10 Å². The van der Waals surface area contributed by atoms with Crippen molar-refractivity contribution >= 4 is 10.1 Å². The van der Waals surface area contributed by atoms with Gasteiger partial charge in [-0.15, -0.1) is 0 Å². The van der Waals surface area contributed by atoms with E-state index < -0.39 is 21.5 Å². The third kappa shape index (κ3) is 3.71. The number of ether oxygens (including phenoxy) is 2. The zero-order valence-electron chi connectivity index (χ0n) is 9.73. The largest absolute Gasteiger partial charge is 0.342 e. The van der Waals surface area contributed by atoms with Crippen LogP contribution in [0.15, 0.2) is 0 Å². The summed E-state index contributed by atoms with van der Waals surface area (Å²) >= 11 is 0. The zero-order valence-corrected chi connectivity index (χ0v) is 10.6. The third-order valence-corrected chi connectivity index (χ3v) is 2.71. The van der Waals surface area contributed by atoms with Crippen molar-refractivity contribution in [1.82, 2.24) is 0 Å². The van der Waals surface area contributed by atoms with Crippen molar-refractivity contribution in [1.29, 1.82) is 0 Å². The molecule has 90 valence electrons. The van der Waals surface area contributed by atoms with Crippen molar-refractivity contribution in [3.05, 3.63) is 0 Å². The Labute approximate surface area is 90.8 Å². The first kappa shape index (κ1) is 12.9. The second-order valence-corrected chi connectivity index (χ2v) is 6.34. The minimum absolute atomic E-state index is 0.0186. The van der Waals surface area contributed by atoms with Gasteiger partial charge < -0.3 is 9.47 Å². The molecule has 0 amide bonds. The molecule has 0 N–H and O–H groups in total. The van der Waals surface area contributed by atoms with Crippen LogP contribution < -0.4 is 0 Å².